The van der Waals surface area contributed by atoms with E-state index in [4.69, 9.17) is 27.3 Å². The molecule has 0 amide bonds. The van der Waals surface area contributed by atoms with E-state index in [2.05, 4.69) is 26.9 Å². The molecule has 1 aliphatic rings. The third-order valence-corrected chi connectivity index (χ3v) is 5.54. The van der Waals surface area contributed by atoms with Crippen LogP contribution in [0.15, 0.2) is 42.7 Å². The van der Waals surface area contributed by atoms with Gasteiger partial charge in [0.2, 0.25) is 0 Å². The first kappa shape index (κ1) is 18.8. The Balaban J connectivity index is 1.74. The lowest BCUT2D eigenvalue weighted by molar-refractivity contribution is 0.420. The Labute approximate surface area is 178 Å². The molecule has 0 radical (unpaired) electrons. The highest BCUT2D eigenvalue weighted by Crippen LogP contribution is 2.36. The van der Waals surface area contributed by atoms with Crippen molar-refractivity contribution in [2.45, 2.75) is 0 Å². The largest absolute Gasteiger partial charge is 0.381 e. The van der Waals surface area contributed by atoms with Crippen LogP contribution >= 0.6 is 11.6 Å². The zero-order valence-corrected chi connectivity index (χ0v) is 17.5. The quantitative estimate of drug-likeness (QED) is 0.544. The van der Waals surface area contributed by atoms with Crippen molar-refractivity contribution in [2.24, 2.45) is 7.05 Å². The van der Waals surface area contributed by atoms with Gasteiger partial charge < -0.3 is 10.6 Å². The second-order valence-corrected chi connectivity index (χ2v) is 7.93. The van der Waals surface area contributed by atoms with Crippen molar-refractivity contribution in [3.8, 4) is 22.6 Å². The van der Waals surface area contributed by atoms with Gasteiger partial charge in [-0.25, -0.2) is 9.97 Å². The second-order valence-electron chi connectivity index (χ2n) is 7.52. The summed E-state index contributed by atoms with van der Waals surface area (Å²) in [5.74, 6) is 1.07. The van der Waals surface area contributed by atoms with Gasteiger partial charge in [0.05, 0.1) is 17.2 Å². The van der Waals surface area contributed by atoms with Gasteiger partial charge in [-0.2, -0.15) is 5.10 Å². The highest BCUT2D eigenvalue weighted by Gasteiger charge is 2.24. The molecule has 0 spiro atoms. The fourth-order valence-electron chi connectivity index (χ4n) is 3.78. The molecule has 4 aromatic rings. The Morgan fingerprint density at radius 3 is 2.67 bits per heavy atom. The monoisotopic (exact) mass is 420 g/mol. The molecule has 5 rings (SSSR count). The smallest absolute Gasteiger partial charge is 0.173 e. The SMILES string of the molecule is CN1CCN(c2nc(-c3cc(Cl)c4ncccc4c3)c(-c3ccn(C)n3)nc2N)C1. The molecule has 4 heterocycles. The fourth-order valence-corrected chi connectivity index (χ4v) is 4.05. The lowest BCUT2D eigenvalue weighted by Crippen LogP contribution is -2.25. The third kappa shape index (κ3) is 3.24. The molecule has 3 aromatic heterocycles. The molecule has 1 saturated heterocycles. The minimum absolute atomic E-state index is 0.392. The van der Waals surface area contributed by atoms with Crippen LogP contribution in [0.1, 0.15) is 0 Å². The van der Waals surface area contributed by atoms with Gasteiger partial charge in [0, 0.05) is 43.5 Å². The predicted molar refractivity (Wildman–Crippen MR) is 119 cm³/mol. The van der Waals surface area contributed by atoms with Crippen LogP contribution < -0.4 is 10.6 Å². The first-order valence-corrected chi connectivity index (χ1v) is 10.0. The Kier molecular flexibility index (Phi) is 4.52. The van der Waals surface area contributed by atoms with E-state index >= 15 is 0 Å². The number of aromatic nitrogens is 5. The summed E-state index contributed by atoms with van der Waals surface area (Å²) in [5.41, 5.74) is 9.99. The summed E-state index contributed by atoms with van der Waals surface area (Å²) in [6.45, 7) is 2.55. The van der Waals surface area contributed by atoms with Gasteiger partial charge >= 0.3 is 0 Å². The summed E-state index contributed by atoms with van der Waals surface area (Å²) in [6, 6.07) is 9.69. The second kappa shape index (κ2) is 7.23. The summed E-state index contributed by atoms with van der Waals surface area (Å²) in [4.78, 5) is 18.4. The molecule has 0 bridgehead atoms. The number of likely N-dealkylation sites (N-methyl/N-ethyl adjacent to an activating group) is 1. The number of aryl methyl sites for hydroxylation is 1. The Hall–Kier alpha value is -3.23. The van der Waals surface area contributed by atoms with Crippen molar-refractivity contribution >= 4 is 34.1 Å². The molecule has 9 heteroatoms. The molecule has 2 N–H and O–H groups in total. The average molecular weight is 421 g/mol. The first-order valence-electron chi connectivity index (χ1n) is 9.65. The highest BCUT2D eigenvalue weighted by atomic mass is 35.5. The Morgan fingerprint density at radius 1 is 1.07 bits per heavy atom. The molecule has 0 unspecified atom stereocenters. The van der Waals surface area contributed by atoms with E-state index < -0.39 is 0 Å². The van der Waals surface area contributed by atoms with Crippen molar-refractivity contribution < 1.29 is 0 Å². The normalized spacial score (nSPS) is 14.7. The van der Waals surface area contributed by atoms with E-state index in [1.54, 1.807) is 10.9 Å². The first-order chi connectivity index (χ1) is 14.5. The summed E-state index contributed by atoms with van der Waals surface area (Å²) in [5, 5.41) is 6.03. The standard InChI is InChI=1S/C21H21ClN8/c1-28-8-9-30(12-28)21-20(23)25-19(16-5-7-29(2)27-16)18(26-21)14-10-13-4-3-6-24-17(13)15(22)11-14/h3-7,10-11H,8-9,12H2,1-2H3,(H2,23,25). The Bertz CT molecular complexity index is 1250. The minimum Gasteiger partial charge on any atom is -0.381 e. The van der Waals surface area contributed by atoms with Gasteiger partial charge in [-0.1, -0.05) is 17.7 Å². The van der Waals surface area contributed by atoms with Gasteiger partial charge in [0.1, 0.15) is 17.1 Å². The molecule has 1 aliphatic heterocycles. The summed E-state index contributed by atoms with van der Waals surface area (Å²) >= 11 is 6.56. The van der Waals surface area contributed by atoms with E-state index in [0.717, 1.165) is 36.2 Å². The molecule has 1 fully saturated rings. The Morgan fingerprint density at radius 2 is 1.93 bits per heavy atom. The van der Waals surface area contributed by atoms with E-state index in [-0.39, 0.29) is 0 Å². The number of nitrogen functional groups attached to an aromatic ring is 1. The zero-order chi connectivity index (χ0) is 20.8. The molecular formula is C21H21ClN8. The molecule has 8 nitrogen and oxygen atoms in total. The molecule has 0 aliphatic carbocycles. The van der Waals surface area contributed by atoms with Crippen molar-refractivity contribution in [3.05, 3.63) is 47.7 Å². The maximum absolute atomic E-state index is 6.56. The number of nitrogens with zero attached hydrogens (tertiary/aromatic N) is 7. The van der Waals surface area contributed by atoms with Gasteiger partial charge in [-0.15, -0.1) is 0 Å². The van der Waals surface area contributed by atoms with Gasteiger partial charge in [-0.3, -0.25) is 14.6 Å². The number of anilines is 2. The summed E-state index contributed by atoms with van der Waals surface area (Å²) in [6.07, 6.45) is 3.61. The van der Waals surface area contributed by atoms with Gasteiger partial charge in [-0.05, 0) is 31.3 Å². The number of benzene rings is 1. The van der Waals surface area contributed by atoms with E-state index in [9.17, 15) is 0 Å². The van der Waals surface area contributed by atoms with Crippen LogP contribution in [0.2, 0.25) is 5.02 Å². The average Bonchev–Trinajstić information content (AvgIpc) is 3.36. The fraction of sp³-hybridized carbons (Fsp3) is 0.238. The van der Waals surface area contributed by atoms with Crippen LogP contribution in [0.5, 0.6) is 0 Å². The van der Waals surface area contributed by atoms with E-state index in [1.165, 1.54) is 0 Å². The number of pyridine rings is 1. The van der Waals surface area contributed by atoms with E-state index in [0.29, 0.717) is 33.7 Å². The van der Waals surface area contributed by atoms with Gasteiger partial charge in [0.15, 0.2) is 11.6 Å². The molecule has 0 atom stereocenters. The minimum atomic E-state index is 0.392. The van der Waals surface area contributed by atoms with Gasteiger partial charge in [0.25, 0.3) is 0 Å². The predicted octanol–water partition coefficient (Wildman–Crippen LogP) is 3.04. The number of nitrogens with two attached hydrogens (primary N) is 1. The van der Waals surface area contributed by atoms with Crippen molar-refractivity contribution in [3.63, 3.8) is 0 Å². The lowest BCUT2D eigenvalue weighted by Gasteiger charge is -2.20. The number of hydrogen-bond acceptors (Lipinski definition) is 7. The molecular weight excluding hydrogens is 400 g/mol. The zero-order valence-electron chi connectivity index (χ0n) is 16.7. The molecule has 0 saturated carbocycles. The number of halogens is 1. The molecule has 30 heavy (non-hydrogen) atoms. The van der Waals surface area contributed by atoms with Crippen LogP contribution in [-0.4, -0.2) is 56.4 Å². The maximum atomic E-state index is 6.56. The highest BCUT2D eigenvalue weighted by molar-refractivity contribution is 6.35. The summed E-state index contributed by atoms with van der Waals surface area (Å²) in [7, 11) is 3.94. The van der Waals surface area contributed by atoms with Crippen LogP contribution in [0.4, 0.5) is 11.6 Å². The molecule has 1 aromatic carbocycles. The summed E-state index contributed by atoms with van der Waals surface area (Å²) < 4.78 is 1.73. The maximum Gasteiger partial charge on any atom is 0.173 e. The van der Waals surface area contributed by atoms with Crippen LogP contribution in [0.25, 0.3) is 33.5 Å². The van der Waals surface area contributed by atoms with Crippen LogP contribution in [-0.2, 0) is 7.05 Å². The van der Waals surface area contributed by atoms with Crippen molar-refractivity contribution in [2.75, 3.05) is 37.4 Å². The van der Waals surface area contributed by atoms with Crippen molar-refractivity contribution in [1.29, 1.82) is 0 Å². The topological polar surface area (TPSA) is 89.0 Å². The number of rotatable bonds is 3. The lowest BCUT2D eigenvalue weighted by atomic mass is 10.0. The van der Waals surface area contributed by atoms with Crippen LogP contribution in [0.3, 0.4) is 0 Å². The number of hydrogen-bond donors (Lipinski definition) is 1. The molecule has 152 valence electrons. The van der Waals surface area contributed by atoms with Crippen molar-refractivity contribution in [1.82, 2.24) is 29.6 Å². The van der Waals surface area contributed by atoms with Crippen LogP contribution in [0, 0.1) is 0 Å². The number of fused-ring (bicyclic) bond motifs is 1. The van der Waals surface area contributed by atoms with E-state index in [1.807, 2.05) is 43.6 Å². The third-order valence-electron chi connectivity index (χ3n) is 5.25.